The molecule has 1 N–H and O–H groups in total. The Labute approximate surface area is 181 Å². The number of hydrogen-bond donors (Lipinski definition) is 1. The molecule has 3 heterocycles. The summed E-state index contributed by atoms with van der Waals surface area (Å²) in [6.45, 7) is 0. The number of rotatable bonds is 4. The van der Waals surface area contributed by atoms with Crippen molar-refractivity contribution in [2.75, 3.05) is 0 Å². The molecule has 0 aliphatic carbocycles. The lowest BCUT2D eigenvalue weighted by molar-refractivity contribution is 1.19. The van der Waals surface area contributed by atoms with Crippen LogP contribution in [-0.4, -0.2) is 16.2 Å². The first-order valence-corrected chi connectivity index (χ1v) is 12.3. The average molecular weight is 418 g/mol. The van der Waals surface area contributed by atoms with Crippen molar-refractivity contribution in [2.24, 2.45) is 4.99 Å². The molecule has 1 aliphatic heterocycles. The number of nitrogens with zero attached hydrogens (tertiary/aromatic N) is 2. The summed E-state index contributed by atoms with van der Waals surface area (Å²) < 4.78 is 0. The third kappa shape index (κ3) is 2.71. The molecule has 0 saturated carbocycles. The Hall–Kier alpha value is -3.55. The molecular weight excluding hydrogens is 397 g/mol. The molecule has 148 valence electrons. The van der Waals surface area contributed by atoms with Crippen molar-refractivity contribution in [3.8, 4) is 0 Å². The molecule has 31 heavy (non-hydrogen) atoms. The first-order valence-electron chi connectivity index (χ1n) is 10.5. The Morgan fingerprint density at radius 2 is 1.45 bits per heavy atom. The van der Waals surface area contributed by atoms with Crippen LogP contribution in [0.3, 0.4) is 0 Å². The van der Waals surface area contributed by atoms with Gasteiger partial charge in [0.1, 0.15) is 34.2 Å². The van der Waals surface area contributed by atoms with Gasteiger partial charge in [-0.25, -0.2) is 0 Å². The van der Waals surface area contributed by atoms with Crippen LogP contribution in [0.1, 0.15) is 5.69 Å². The van der Waals surface area contributed by atoms with Crippen molar-refractivity contribution in [3.63, 3.8) is 0 Å². The van der Waals surface area contributed by atoms with E-state index in [0.717, 1.165) is 23.3 Å². The largest absolute Gasteiger partial charge is 0.361 e. The van der Waals surface area contributed by atoms with Crippen LogP contribution in [0.2, 0.25) is 0 Å². The normalized spacial score (nSPS) is 12.9. The van der Waals surface area contributed by atoms with Crippen molar-refractivity contribution in [3.05, 3.63) is 109 Å². The molecule has 0 saturated heterocycles. The zero-order valence-electron chi connectivity index (χ0n) is 16.9. The van der Waals surface area contributed by atoms with Crippen LogP contribution in [-0.2, 0) is 6.42 Å². The minimum atomic E-state index is -2.23. The molecule has 3 aromatic carbocycles. The first-order chi connectivity index (χ1) is 15.4. The van der Waals surface area contributed by atoms with E-state index in [1.807, 2.05) is 18.6 Å². The van der Waals surface area contributed by atoms with Gasteiger partial charge in [0, 0.05) is 42.0 Å². The molecule has 5 aromatic rings. The predicted octanol–water partition coefficient (Wildman–Crippen LogP) is 4.44. The van der Waals surface area contributed by atoms with Crippen molar-refractivity contribution in [1.29, 1.82) is 0 Å². The van der Waals surface area contributed by atoms with E-state index in [1.165, 1.54) is 26.6 Å². The lowest BCUT2D eigenvalue weighted by atomic mass is 10.2. The summed E-state index contributed by atoms with van der Waals surface area (Å²) in [7, 11) is -2.23. The van der Waals surface area contributed by atoms with E-state index in [4.69, 9.17) is 4.99 Å². The lowest BCUT2D eigenvalue weighted by Gasteiger charge is -2.29. The Morgan fingerprint density at radius 1 is 0.710 bits per heavy atom. The zero-order chi connectivity index (χ0) is 20.7. The summed E-state index contributed by atoms with van der Waals surface area (Å²) in [5, 5.41) is 6.53. The number of fused-ring (bicyclic) bond motifs is 2. The van der Waals surface area contributed by atoms with Crippen molar-refractivity contribution >= 4 is 51.3 Å². The van der Waals surface area contributed by atoms with Crippen LogP contribution in [0.5, 0.6) is 0 Å². The van der Waals surface area contributed by atoms with Crippen LogP contribution in [0.15, 0.2) is 108 Å². The number of benzene rings is 3. The summed E-state index contributed by atoms with van der Waals surface area (Å²) in [6.07, 6.45) is 6.78. The fourth-order valence-corrected chi connectivity index (χ4v) is 9.34. The second-order valence-electron chi connectivity index (χ2n) is 7.70. The second kappa shape index (κ2) is 7.30. The summed E-state index contributed by atoms with van der Waals surface area (Å²) in [6, 6.07) is 32.9. The molecule has 0 atom stereocenters. The molecular formula is C27H21N3P+. The van der Waals surface area contributed by atoms with E-state index in [0.29, 0.717) is 0 Å². The molecule has 2 aromatic heterocycles. The highest BCUT2D eigenvalue weighted by Crippen LogP contribution is 2.57. The average Bonchev–Trinajstić information content (AvgIpc) is 3.51. The molecule has 3 nitrogen and oxygen atoms in total. The smallest absolute Gasteiger partial charge is 0.147 e. The number of aliphatic imine (C=N–C) groups is 1. The molecule has 0 unspecified atom stereocenters. The zero-order valence-corrected chi connectivity index (χ0v) is 17.8. The number of hydrogen-bond acceptors (Lipinski definition) is 2. The van der Waals surface area contributed by atoms with Crippen molar-refractivity contribution in [2.45, 2.75) is 6.42 Å². The van der Waals surface area contributed by atoms with Gasteiger partial charge in [0.15, 0.2) is 0 Å². The maximum atomic E-state index is 4.84. The molecule has 0 bridgehead atoms. The third-order valence-electron chi connectivity index (χ3n) is 6.07. The van der Waals surface area contributed by atoms with Gasteiger partial charge in [-0.3, -0.25) is 9.98 Å². The predicted molar refractivity (Wildman–Crippen MR) is 133 cm³/mol. The van der Waals surface area contributed by atoms with Crippen LogP contribution < -0.4 is 21.2 Å². The summed E-state index contributed by atoms with van der Waals surface area (Å²) in [5.74, 6) is 0. The number of aromatic nitrogens is 2. The van der Waals surface area contributed by atoms with Gasteiger partial charge in [0.2, 0.25) is 0 Å². The molecule has 0 fully saturated rings. The summed E-state index contributed by atoms with van der Waals surface area (Å²) >= 11 is 0. The van der Waals surface area contributed by atoms with E-state index in [-0.39, 0.29) is 0 Å². The van der Waals surface area contributed by atoms with Crippen LogP contribution in [0.25, 0.3) is 10.9 Å². The number of nitrogens with one attached hydrogen (secondary N) is 1. The fraction of sp³-hybridized carbons (Fsp3) is 0.0370. The van der Waals surface area contributed by atoms with Gasteiger partial charge in [-0.1, -0.05) is 42.5 Å². The molecule has 0 radical (unpaired) electrons. The molecule has 0 amide bonds. The van der Waals surface area contributed by atoms with E-state index < -0.39 is 7.26 Å². The van der Waals surface area contributed by atoms with Gasteiger partial charge >= 0.3 is 0 Å². The van der Waals surface area contributed by atoms with E-state index in [1.54, 1.807) is 0 Å². The van der Waals surface area contributed by atoms with Crippen molar-refractivity contribution in [1.82, 2.24) is 9.97 Å². The minimum Gasteiger partial charge on any atom is -0.361 e. The maximum absolute atomic E-state index is 4.84. The SMILES string of the molecule is C1=Nc2c([P+](c3ccccc3)(c3ccccc3)c3cccc4[nH]ccc34)ccnc2C1. The Morgan fingerprint density at radius 3 is 2.19 bits per heavy atom. The van der Waals surface area contributed by atoms with E-state index in [9.17, 15) is 0 Å². The first kappa shape index (κ1) is 18.2. The number of pyridine rings is 1. The van der Waals surface area contributed by atoms with Crippen LogP contribution in [0.4, 0.5) is 5.69 Å². The second-order valence-corrected chi connectivity index (χ2v) is 11.0. The molecule has 1 aliphatic rings. The summed E-state index contributed by atoms with van der Waals surface area (Å²) in [5.41, 5.74) is 3.26. The number of H-pyrrole nitrogens is 1. The van der Waals surface area contributed by atoms with E-state index in [2.05, 4.69) is 101 Å². The van der Waals surface area contributed by atoms with Gasteiger partial charge in [-0.2, -0.15) is 0 Å². The van der Waals surface area contributed by atoms with Gasteiger partial charge in [-0.15, -0.1) is 0 Å². The lowest BCUT2D eigenvalue weighted by Crippen LogP contribution is -2.39. The quantitative estimate of drug-likeness (QED) is 0.431. The molecule has 6 rings (SSSR count). The van der Waals surface area contributed by atoms with E-state index >= 15 is 0 Å². The highest BCUT2D eigenvalue weighted by molar-refractivity contribution is 8.02. The van der Waals surface area contributed by atoms with Gasteiger partial charge in [0.05, 0.1) is 5.69 Å². The van der Waals surface area contributed by atoms with Gasteiger partial charge in [0.25, 0.3) is 0 Å². The fourth-order valence-electron chi connectivity index (χ4n) is 4.77. The Kier molecular flexibility index (Phi) is 4.29. The van der Waals surface area contributed by atoms with Crippen LogP contribution in [0, 0.1) is 0 Å². The standard InChI is InChI=1S/C27H21N3P/c1-3-8-20(9-4-1)31(21-10-5-2-6-11-21,25-13-7-12-23-22(25)14-17-28-23)26-16-19-29-24-15-18-30-27(24)26/h1-14,16-19,28H,15H2/q+1. The van der Waals surface area contributed by atoms with Gasteiger partial charge in [-0.05, 0) is 42.5 Å². The van der Waals surface area contributed by atoms with Crippen LogP contribution >= 0.6 is 7.26 Å². The molecule has 4 heteroatoms. The maximum Gasteiger partial charge on any atom is 0.147 e. The minimum absolute atomic E-state index is 0.793. The highest BCUT2D eigenvalue weighted by Gasteiger charge is 2.51. The highest BCUT2D eigenvalue weighted by atomic mass is 31.2. The summed E-state index contributed by atoms with van der Waals surface area (Å²) in [4.78, 5) is 12.9. The van der Waals surface area contributed by atoms with Crippen molar-refractivity contribution < 1.29 is 0 Å². The third-order valence-corrected chi connectivity index (χ3v) is 10.4. The Bertz CT molecular complexity index is 1370. The van der Waals surface area contributed by atoms with Gasteiger partial charge < -0.3 is 4.98 Å². The monoisotopic (exact) mass is 418 g/mol. The Balaban J connectivity index is 1.84. The number of aromatic amines is 1. The topological polar surface area (TPSA) is 41.0 Å². The molecule has 0 spiro atoms.